The predicted octanol–water partition coefficient (Wildman–Crippen LogP) is 3.25. The van der Waals surface area contributed by atoms with Crippen LogP contribution in [-0.4, -0.2) is 25.8 Å². The number of aromatic nitrogens is 3. The third-order valence-corrected chi connectivity index (χ3v) is 3.60. The number of carbonyl (C=O) groups is 1. The summed E-state index contributed by atoms with van der Waals surface area (Å²) in [6.07, 6.45) is 1.46. The first-order valence-electron chi connectivity index (χ1n) is 7.13. The van der Waals surface area contributed by atoms with Gasteiger partial charge in [-0.05, 0) is 38.1 Å². The second kappa shape index (κ2) is 5.54. The van der Waals surface area contributed by atoms with Crippen LogP contribution in [0.4, 0.5) is 0 Å². The number of carboxylic acids is 1. The first-order valence-corrected chi connectivity index (χ1v) is 7.13. The zero-order valence-corrected chi connectivity index (χ0v) is 12.7. The lowest BCUT2D eigenvalue weighted by Gasteiger charge is -2.07. The van der Waals surface area contributed by atoms with Crippen molar-refractivity contribution >= 4 is 16.9 Å². The Hall–Kier alpha value is -3.20. The first kappa shape index (κ1) is 14.7. The molecule has 1 aromatic carbocycles. The monoisotopic (exact) mass is 306 g/mol. The molecule has 0 aliphatic carbocycles. The van der Waals surface area contributed by atoms with Gasteiger partial charge in [-0.25, -0.2) is 4.79 Å². The van der Waals surface area contributed by atoms with E-state index in [1.165, 1.54) is 18.3 Å². The van der Waals surface area contributed by atoms with Crippen molar-refractivity contribution in [3.63, 3.8) is 0 Å². The molecule has 2 aromatic heterocycles. The second-order valence-corrected chi connectivity index (χ2v) is 5.47. The highest BCUT2D eigenvalue weighted by molar-refractivity contribution is 5.91. The van der Waals surface area contributed by atoms with Crippen molar-refractivity contribution in [2.75, 3.05) is 0 Å². The van der Waals surface area contributed by atoms with Gasteiger partial charge in [-0.1, -0.05) is 6.07 Å². The minimum absolute atomic E-state index is 0.138. The molecular formula is C17H14N4O2. The second-order valence-electron chi connectivity index (χ2n) is 5.47. The van der Waals surface area contributed by atoms with Gasteiger partial charge in [-0.3, -0.25) is 9.67 Å². The molecule has 6 heteroatoms. The van der Waals surface area contributed by atoms with Crippen LogP contribution < -0.4 is 0 Å². The van der Waals surface area contributed by atoms with Crippen LogP contribution in [0.15, 0.2) is 36.5 Å². The average molecular weight is 306 g/mol. The van der Waals surface area contributed by atoms with E-state index in [9.17, 15) is 10.1 Å². The van der Waals surface area contributed by atoms with Crippen molar-refractivity contribution in [1.82, 2.24) is 14.8 Å². The fourth-order valence-corrected chi connectivity index (χ4v) is 2.50. The van der Waals surface area contributed by atoms with E-state index in [0.717, 1.165) is 16.5 Å². The summed E-state index contributed by atoms with van der Waals surface area (Å²) >= 11 is 0. The first-order chi connectivity index (χ1) is 11.0. The number of hydrogen-bond donors (Lipinski definition) is 1. The highest BCUT2D eigenvalue weighted by Crippen LogP contribution is 2.27. The minimum Gasteiger partial charge on any atom is -0.478 e. The van der Waals surface area contributed by atoms with Crippen molar-refractivity contribution < 1.29 is 9.90 Å². The van der Waals surface area contributed by atoms with E-state index in [-0.39, 0.29) is 11.6 Å². The third kappa shape index (κ3) is 2.53. The van der Waals surface area contributed by atoms with Gasteiger partial charge in [0.25, 0.3) is 0 Å². The van der Waals surface area contributed by atoms with Crippen LogP contribution in [0.1, 0.15) is 35.9 Å². The molecule has 0 spiro atoms. The van der Waals surface area contributed by atoms with E-state index < -0.39 is 5.97 Å². The summed E-state index contributed by atoms with van der Waals surface area (Å²) in [5.41, 5.74) is 2.70. The highest BCUT2D eigenvalue weighted by Gasteiger charge is 2.14. The lowest BCUT2D eigenvalue weighted by Crippen LogP contribution is -2.02. The summed E-state index contributed by atoms with van der Waals surface area (Å²) < 4.78 is 1.80. The molecule has 1 N–H and O–H groups in total. The molecule has 0 bridgehead atoms. The van der Waals surface area contributed by atoms with Gasteiger partial charge in [0, 0.05) is 23.2 Å². The Bertz CT molecular complexity index is 951. The van der Waals surface area contributed by atoms with E-state index in [0.29, 0.717) is 11.4 Å². The lowest BCUT2D eigenvalue weighted by molar-refractivity contribution is 0.0697. The number of carboxylic acid groups (broad SMARTS) is 1. The van der Waals surface area contributed by atoms with E-state index in [2.05, 4.69) is 16.2 Å². The van der Waals surface area contributed by atoms with Crippen molar-refractivity contribution in [2.24, 2.45) is 0 Å². The molecule has 0 radical (unpaired) electrons. The standard InChI is InChI=1S/C17H14N4O2/c1-10(2)21-16-4-3-11(7-13(16)15(9-18)20-21)14-8-12(17(22)23)5-6-19-14/h3-8,10H,1-2H3,(H,22,23). The third-order valence-electron chi connectivity index (χ3n) is 3.60. The Morgan fingerprint density at radius 3 is 2.74 bits per heavy atom. The number of nitrogens with zero attached hydrogens (tertiary/aromatic N) is 4. The molecule has 0 amide bonds. The van der Waals surface area contributed by atoms with Crippen LogP contribution in [0.25, 0.3) is 22.2 Å². The number of rotatable bonds is 3. The van der Waals surface area contributed by atoms with Crippen molar-refractivity contribution in [2.45, 2.75) is 19.9 Å². The van der Waals surface area contributed by atoms with Gasteiger partial charge in [0.15, 0.2) is 5.69 Å². The number of fused-ring (bicyclic) bond motifs is 1. The average Bonchev–Trinajstić information content (AvgIpc) is 2.93. The number of nitriles is 1. The summed E-state index contributed by atoms with van der Waals surface area (Å²) in [6, 6.07) is 10.8. The molecule has 2 heterocycles. The molecule has 114 valence electrons. The number of pyridine rings is 1. The number of hydrogen-bond acceptors (Lipinski definition) is 4. The molecule has 0 atom stereocenters. The van der Waals surface area contributed by atoms with Crippen LogP contribution in [0.5, 0.6) is 0 Å². The molecule has 0 fully saturated rings. The van der Waals surface area contributed by atoms with E-state index in [1.54, 1.807) is 4.68 Å². The Kier molecular flexibility index (Phi) is 3.54. The smallest absolute Gasteiger partial charge is 0.335 e. The fraction of sp³-hybridized carbons (Fsp3) is 0.176. The summed E-state index contributed by atoms with van der Waals surface area (Å²) in [7, 11) is 0. The van der Waals surface area contributed by atoms with Gasteiger partial charge in [0.2, 0.25) is 0 Å². The summed E-state index contributed by atoms with van der Waals surface area (Å²) in [5, 5.41) is 23.4. The van der Waals surface area contributed by atoms with Crippen LogP contribution >= 0.6 is 0 Å². The van der Waals surface area contributed by atoms with Gasteiger partial charge in [0.1, 0.15) is 6.07 Å². The topological polar surface area (TPSA) is 91.8 Å². The fourth-order valence-electron chi connectivity index (χ4n) is 2.50. The maximum atomic E-state index is 11.1. The Labute approximate surface area is 132 Å². The van der Waals surface area contributed by atoms with Gasteiger partial charge in [-0.2, -0.15) is 10.4 Å². The Morgan fingerprint density at radius 2 is 2.09 bits per heavy atom. The normalized spacial score (nSPS) is 10.9. The molecule has 3 rings (SSSR count). The van der Waals surface area contributed by atoms with Crippen molar-refractivity contribution in [3.05, 3.63) is 47.8 Å². The molecule has 0 aliphatic heterocycles. The van der Waals surface area contributed by atoms with Gasteiger partial charge < -0.3 is 5.11 Å². The van der Waals surface area contributed by atoms with Gasteiger partial charge in [0.05, 0.1) is 16.8 Å². The molecule has 6 nitrogen and oxygen atoms in total. The van der Waals surface area contributed by atoms with Crippen molar-refractivity contribution in [1.29, 1.82) is 5.26 Å². The molecule has 0 saturated carbocycles. The molecule has 3 aromatic rings. The van der Waals surface area contributed by atoms with E-state index in [1.807, 2.05) is 32.0 Å². The van der Waals surface area contributed by atoms with Crippen LogP contribution in [-0.2, 0) is 0 Å². The summed E-state index contributed by atoms with van der Waals surface area (Å²) in [6.45, 7) is 4.00. The minimum atomic E-state index is -1.000. The maximum absolute atomic E-state index is 11.1. The number of aromatic carboxylic acids is 1. The van der Waals surface area contributed by atoms with E-state index >= 15 is 0 Å². The zero-order valence-electron chi connectivity index (χ0n) is 12.7. The van der Waals surface area contributed by atoms with Crippen LogP contribution in [0.2, 0.25) is 0 Å². The largest absolute Gasteiger partial charge is 0.478 e. The van der Waals surface area contributed by atoms with Gasteiger partial charge in [-0.15, -0.1) is 0 Å². The molecule has 0 saturated heterocycles. The molecular weight excluding hydrogens is 292 g/mol. The SMILES string of the molecule is CC(C)n1nc(C#N)c2cc(-c3cc(C(=O)O)ccn3)ccc21. The van der Waals surface area contributed by atoms with Crippen LogP contribution in [0, 0.1) is 11.3 Å². The van der Waals surface area contributed by atoms with Crippen LogP contribution in [0.3, 0.4) is 0 Å². The molecule has 0 aliphatic rings. The highest BCUT2D eigenvalue weighted by atomic mass is 16.4. The quantitative estimate of drug-likeness (QED) is 0.802. The Balaban J connectivity index is 2.19. The van der Waals surface area contributed by atoms with Gasteiger partial charge >= 0.3 is 5.97 Å². The summed E-state index contributed by atoms with van der Waals surface area (Å²) in [4.78, 5) is 15.3. The zero-order chi connectivity index (χ0) is 16.6. The maximum Gasteiger partial charge on any atom is 0.335 e. The number of benzene rings is 1. The van der Waals surface area contributed by atoms with Crippen molar-refractivity contribution in [3.8, 4) is 17.3 Å². The Morgan fingerprint density at radius 1 is 1.30 bits per heavy atom. The predicted molar refractivity (Wildman–Crippen MR) is 85.0 cm³/mol. The molecule has 0 unspecified atom stereocenters. The lowest BCUT2D eigenvalue weighted by atomic mass is 10.1. The summed E-state index contributed by atoms with van der Waals surface area (Å²) in [5.74, 6) is -1.000. The molecule has 23 heavy (non-hydrogen) atoms. The van der Waals surface area contributed by atoms with E-state index in [4.69, 9.17) is 5.11 Å².